The molecular formula is C13H17N3. The molecule has 0 aliphatic rings. The SMILES string of the molecule is CC(C)c1ccccc1C=CCCN=[N+]=[N-]. The summed E-state index contributed by atoms with van der Waals surface area (Å²) < 4.78 is 0. The van der Waals surface area contributed by atoms with Gasteiger partial charge in [0.25, 0.3) is 0 Å². The molecule has 0 spiro atoms. The van der Waals surface area contributed by atoms with Gasteiger partial charge in [-0.3, -0.25) is 0 Å². The van der Waals surface area contributed by atoms with E-state index in [2.05, 4.69) is 54.2 Å². The molecule has 3 heteroatoms. The van der Waals surface area contributed by atoms with Crippen molar-refractivity contribution in [3.63, 3.8) is 0 Å². The van der Waals surface area contributed by atoms with Gasteiger partial charge in [-0.25, -0.2) is 0 Å². The van der Waals surface area contributed by atoms with Gasteiger partial charge in [-0.1, -0.05) is 55.4 Å². The highest BCUT2D eigenvalue weighted by atomic mass is 15.1. The van der Waals surface area contributed by atoms with Crippen LogP contribution >= 0.6 is 0 Å². The Kier molecular flexibility index (Phi) is 5.17. The summed E-state index contributed by atoms with van der Waals surface area (Å²) in [7, 11) is 0. The number of nitrogens with zero attached hydrogens (tertiary/aromatic N) is 3. The minimum Gasteiger partial charge on any atom is -0.0937 e. The molecule has 0 amide bonds. The van der Waals surface area contributed by atoms with Gasteiger partial charge in [0.1, 0.15) is 0 Å². The fourth-order valence-corrected chi connectivity index (χ4v) is 1.58. The highest BCUT2D eigenvalue weighted by Crippen LogP contribution is 2.20. The van der Waals surface area contributed by atoms with Crippen LogP contribution in [0.15, 0.2) is 35.5 Å². The molecule has 0 fully saturated rings. The molecule has 1 aromatic carbocycles. The third-order valence-electron chi connectivity index (χ3n) is 2.37. The van der Waals surface area contributed by atoms with E-state index < -0.39 is 0 Å². The lowest BCUT2D eigenvalue weighted by Gasteiger charge is -2.08. The van der Waals surface area contributed by atoms with Crippen LogP contribution in [0.2, 0.25) is 0 Å². The van der Waals surface area contributed by atoms with Gasteiger partial charge in [0.05, 0.1) is 0 Å². The van der Waals surface area contributed by atoms with Crippen molar-refractivity contribution >= 4 is 6.08 Å². The summed E-state index contributed by atoms with van der Waals surface area (Å²) in [5.74, 6) is 0.526. The fourth-order valence-electron chi connectivity index (χ4n) is 1.58. The second kappa shape index (κ2) is 6.70. The Bertz CT molecular complexity index is 401. The van der Waals surface area contributed by atoms with Crippen molar-refractivity contribution in [1.29, 1.82) is 0 Å². The standard InChI is InChI=1S/C13H17N3/c1-11(2)13-9-4-3-7-12(13)8-5-6-10-15-16-14/h3-5,7-9,11H,6,10H2,1-2H3. The lowest BCUT2D eigenvalue weighted by molar-refractivity contribution is 0.864. The van der Waals surface area contributed by atoms with Gasteiger partial charge in [-0.05, 0) is 29.0 Å². The molecule has 0 radical (unpaired) electrons. The minimum absolute atomic E-state index is 0.525. The van der Waals surface area contributed by atoms with Gasteiger partial charge >= 0.3 is 0 Å². The lowest BCUT2D eigenvalue weighted by Crippen LogP contribution is -1.90. The highest BCUT2D eigenvalue weighted by molar-refractivity contribution is 5.54. The van der Waals surface area contributed by atoms with E-state index in [4.69, 9.17) is 5.53 Å². The molecule has 0 aliphatic carbocycles. The second-order valence-corrected chi connectivity index (χ2v) is 3.93. The second-order valence-electron chi connectivity index (χ2n) is 3.93. The average Bonchev–Trinajstić information content (AvgIpc) is 2.29. The monoisotopic (exact) mass is 215 g/mol. The number of azide groups is 1. The molecule has 0 aliphatic heterocycles. The number of hydrogen-bond acceptors (Lipinski definition) is 1. The molecule has 0 bridgehead atoms. The van der Waals surface area contributed by atoms with Gasteiger partial charge in [0.15, 0.2) is 0 Å². The molecular weight excluding hydrogens is 198 g/mol. The first-order valence-corrected chi connectivity index (χ1v) is 5.52. The molecule has 16 heavy (non-hydrogen) atoms. The predicted octanol–water partition coefficient (Wildman–Crippen LogP) is 4.52. The Labute approximate surface area is 96.4 Å². The van der Waals surface area contributed by atoms with Gasteiger partial charge in [-0.2, -0.15) is 0 Å². The number of hydrogen-bond donors (Lipinski definition) is 0. The first kappa shape index (κ1) is 12.3. The summed E-state index contributed by atoms with van der Waals surface area (Å²) >= 11 is 0. The summed E-state index contributed by atoms with van der Waals surface area (Å²) in [6, 6.07) is 8.36. The van der Waals surface area contributed by atoms with E-state index >= 15 is 0 Å². The zero-order valence-corrected chi connectivity index (χ0v) is 9.80. The first-order valence-electron chi connectivity index (χ1n) is 5.52. The zero-order chi connectivity index (χ0) is 11.8. The largest absolute Gasteiger partial charge is 0.0937 e. The zero-order valence-electron chi connectivity index (χ0n) is 9.80. The summed E-state index contributed by atoms with van der Waals surface area (Å²) in [6.45, 7) is 4.90. The molecule has 0 N–H and O–H groups in total. The smallest absolute Gasteiger partial charge is 0.0292 e. The lowest BCUT2D eigenvalue weighted by atomic mass is 9.97. The summed E-state index contributed by atoms with van der Waals surface area (Å²) in [4.78, 5) is 2.72. The molecule has 0 atom stereocenters. The Morgan fingerprint density at radius 2 is 2.12 bits per heavy atom. The van der Waals surface area contributed by atoms with Crippen LogP contribution in [0, 0.1) is 0 Å². The van der Waals surface area contributed by atoms with E-state index in [9.17, 15) is 0 Å². The van der Waals surface area contributed by atoms with Gasteiger partial charge < -0.3 is 0 Å². The summed E-state index contributed by atoms with van der Waals surface area (Å²) in [6.07, 6.45) is 4.94. The Morgan fingerprint density at radius 1 is 1.38 bits per heavy atom. The van der Waals surface area contributed by atoms with Crippen LogP contribution < -0.4 is 0 Å². The van der Waals surface area contributed by atoms with Crippen LogP contribution in [-0.2, 0) is 0 Å². The minimum atomic E-state index is 0.525. The maximum absolute atomic E-state index is 8.13. The highest BCUT2D eigenvalue weighted by Gasteiger charge is 2.01. The first-order chi connectivity index (χ1) is 7.75. The molecule has 1 rings (SSSR count). The van der Waals surface area contributed by atoms with Crippen LogP contribution in [0.3, 0.4) is 0 Å². The molecule has 3 nitrogen and oxygen atoms in total. The van der Waals surface area contributed by atoms with E-state index in [-0.39, 0.29) is 0 Å². The van der Waals surface area contributed by atoms with Crippen LogP contribution in [0.4, 0.5) is 0 Å². The third kappa shape index (κ3) is 3.79. The number of benzene rings is 1. The van der Waals surface area contributed by atoms with Crippen LogP contribution in [0.5, 0.6) is 0 Å². The van der Waals surface area contributed by atoms with Crippen molar-refractivity contribution in [2.75, 3.05) is 6.54 Å². The average molecular weight is 215 g/mol. The van der Waals surface area contributed by atoms with E-state index in [1.165, 1.54) is 11.1 Å². The van der Waals surface area contributed by atoms with Crippen molar-refractivity contribution < 1.29 is 0 Å². The Hall–Kier alpha value is -1.73. The molecule has 84 valence electrons. The normalized spacial score (nSPS) is 10.7. The Morgan fingerprint density at radius 3 is 2.81 bits per heavy atom. The molecule has 0 saturated carbocycles. The molecule has 0 aromatic heterocycles. The van der Waals surface area contributed by atoms with Crippen LogP contribution in [-0.4, -0.2) is 6.54 Å². The fraction of sp³-hybridized carbons (Fsp3) is 0.385. The van der Waals surface area contributed by atoms with Crippen molar-refractivity contribution in [2.45, 2.75) is 26.2 Å². The number of rotatable bonds is 5. The van der Waals surface area contributed by atoms with E-state index in [1.54, 1.807) is 0 Å². The molecule has 0 heterocycles. The topological polar surface area (TPSA) is 48.8 Å². The van der Waals surface area contributed by atoms with Crippen molar-refractivity contribution in [3.05, 3.63) is 51.9 Å². The van der Waals surface area contributed by atoms with E-state index in [0.717, 1.165) is 6.42 Å². The molecule has 0 unspecified atom stereocenters. The molecule has 0 saturated heterocycles. The molecule has 1 aromatic rings. The van der Waals surface area contributed by atoms with E-state index in [1.807, 2.05) is 6.07 Å². The van der Waals surface area contributed by atoms with Crippen molar-refractivity contribution in [3.8, 4) is 0 Å². The van der Waals surface area contributed by atoms with Gasteiger partial charge in [0.2, 0.25) is 0 Å². The van der Waals surface area contributed by atoms with E-state index in [0.29, 0.717) is 12.5 Å². The summed E-state index contributed by atoms with van der Waals surface area (Å²) in [5.41, 5.74) is 10.7. The maximum Gasteiger partial charge on any atom is 0.0292 e. The van der Waals surface area contributed by atoms with Crippen molar-refractivity contribution in [1.82, 2.24) is 0 Å². The van der Waals surface area contributed by atoms with Gasteiger partial charge in [-0.15, -0.1) is 0 Å². The van der Waals surface area contributed by atoms with Crippen molar-refractivity contribution in [2.24, 2.45) is 5.11 Å². The summed E-state index contributed by atoms with van der Waals surface area (Å²) in [5, 5.41) is 3.49. The predicted molar refractivity (Wildman–Crippen MR) is 68.2 cm³/mol. The maximum atomic E-state index is 8.13. The third-order valence-corrected chi connectivity index (χ3v) is 2.37. The van der Waals surface area contributed by atoms with Gasteiger partial charge in [0, 0.05) is 11.5 Å². The Balaban J connectivity index is 2.68. The van der Waals surface area contributed by atoms with Crippen LogP contribution in [0.1, 0.15) is 37.3 Å². The quantitative estimate of drug-likeness (QED) is 0.300. The van der Waals surface area contributed by atoms with Crippen LogP contribution in [0.25, 0.3) is 16.5 Å².